The van der Waals surface area contributed by atoms with Gasteiger partial charge in [0.2, 0.25) is 0 Å². The number of rotatable bonds is 11. The Hall–Kier alpha value is -3.46. The van der Waals surface area contributed by atoms with E-state index in [0.717, 1.165) is 49.9 Å². The molecule has 0 N–H and O–H groups in total. The molecule has 0 aliphatic rings. The first-order valence-electron chi connectivity index (χ1n) is 16.7. The van der Waals surface area contributed by atoms with Gasteiger partial charge in [-0.1, -0.05) is 151 Å². The Balaban J connectivity index is -0.00000170. The normalized spacial score (nSPS) is 9.56. The maximum absolute atomic E-state index is 4.00. The quantitative estimate of drug-likeness (QED) is 0.120. The minimum absolute atomic E-state index is 0. The van der Waals surface area contributed by atoms with Crippen LogP contribution in [-0.4, -0.2) is 20.6 Å². The molecule has 0 bridgehead atoms. The number of aryl methyl sites for hydroxylation is 4. The van der Waals surface area contributed by atoms with Crippen molar-refractivity contribution in [3.63, 3.8) is 0 Å². The Morgan fingerprint density at radius 2 is 0.630 bits per heavy atom. The predicted octanol–water partition coefficient (Wildman–Crippen LogP) is 11.4. The van der Waals surface area contributed by atoms with E-state index in [0.29, 0.717) is 0 Å². The van der Waals surface area contributed by atoms with Gasteiger partial charge >= 0.3 is 42.1 Å². The molecule has 290 valence electrons. The van der Waals surface area contributed by atoms with Crippen LogP contribution in [0.4, 0.5) is 0 Å². The molecule has 0 unspecified atom stereocenters. The summed E-state index contributed by atoms with van der Waals surface area (Å²) in [5.74, 6) is 2.83. The van der Waals surface area contributed by atoms with Gasteiger partial charge in [-0.05, 0) is 83.0 Å². The van der Waals surface area contributed by atoms with E-state index in [4.69, 9.17) is 0 Å². The van der Waals surface area contributed by atoms with Gasteiger partial charge in [0.25, 0.3) is 0 Å². The number of nitrogens with zero attached hydrogens (tertiary/aromatic N) is 6. The van der Waals surface area contributed by atoms with Gasteiger partial charge in [-0.3, -0.25) is 10.4 Å². The second kappa shape index (κ2) is 29.8. The Kier molecular flexibility index (Phi) is 30.3. The molecule has 6 nitrogen and oxygen atoms in total. The summed E-state index contributed by atoms with van der Waals surface area (Å²) in [5.41, 5.74) is 12.2. The van der Waals surface area contributed by atoms with Crippen molar-refractivity contribution in [2.75, 3.05) is 0 Å². The van der Waals surface area contributed by atoms with E-state index in [9.17, 15) is 0 Å². The molecular weight excluding hydrogens is 1000 g/mol. The molecule has 0 saturated carbocycles. The summed E-state index contributed by atoms with van der Waals surface area (Å²) in [6.07, 6.45) is 8.95. The monoisotopic (exact) mass is 1070 g/mol. The Morgan fingerprint density at radius 3 is 0.870 bits per heavy atom. The molecule has 0 aliphatic carbocycles. The van der Waals surface area contributed by atoms with E-state index in [1.54, 1.807) is 12.4 Å². The van der Waals surface area contributed by atoms with Crippen LogP contribution in [0.5, 0.6) is 0 Å². The second-order valence-electron chi connectivity index (χ2n) is 13.2. The smallest absolute Gasteiger partial charge is 0.358 e. The minimum atomic E-state index is 0. The molecule has 0 saturated heterocycles. The van der Waals surface area contributed by atoms with Crippen molar-refractivity contribution in [2.24, 2.45) is 0 Å². The standard InChI is InChI=1S/C34H30N6.2C4H9.4CH4.2W/c1-5-27(6-2-25(1)13-19-33-23-35-39-37-33)21-29-9-15-31(16-10-29)32-17-11-30(12-18-32)22-28-7-3-26(4-8-28)14-20-34-24-36-40-38-34;2*1-4(2)3;;;;;;/h1-12,15-18,23-24H,13-14,19-22H2;2*1-3H3;4*1H4;;/q-2;2*-1;;;;;2*+2. The van der Waals surface area contributed by atoms with Crippen molar-refractivity contribution in [2.45, 2.75) is 110 Å². The van der Waals surface area contributed by atoms with Gasteiger partial charge < -0.3 is 32.2 Å². The van der Waals surface area contributed by atoms with Gasteiger partial charge in [0.15, 0.2) is 0 Å². The maximum Gasteiger partial charge on any atom is 2.00 e. The van der Waals surface area contributed by atoms with E-state index in [1.165, 1.54) is 56.3 Å². The van der Waals surface area contributed by atoms with Gasteiger partial charge in [-0.15, -0.1) is 0 Å². The topological polar surface area (TPSA) is 79.8 Å². The van der Waals surface area contributed by atoms with Crippen LogP contribution in [0.2, 0.25) is 0 Å². The fourth-order valence-electron chi connectivity index (χ4n) is 4.93. The zero-order valence-electron chi connectivity index (χ0n) is 30.1. The first kappa shape index (κ1) is 54.9. The van der Waals surface area contributed by atoms with Crippen LogP contribution in [0, 0.1) is 11.8 Å². The van der Waals surface area contributed by atoms with Crippen LogP contribution in [0.3, 0.4) is 0 Å². The number of hydrogen-bond donors (Lipinski definition) is 0. The van der Waals surface area contributed by atoms with Crippen LogP contribution in [-0.2, 0) is 80.7 Å². The molecule has 0 amide bonds. The van der Waals surface area contributed by atoms with Crippen molar-refractivity contribution in [1.29, 1.82) is 0 Å². The molecular formula is C46H64N6W2. The van der Waals surface area contributed by atoms with Crippen molar-refractivity contribution < 1.29 is 42.1 Å². The Labute approximate surface area is 357 Å². The minimum Gasteiger partial charge on any atom is -0.358 e. The molecule has 0 radical (unpaired) electrons. The van der Waals surface area contributed by atoms with E-state index >= 15 is 0 Å². The van der Waals surface area contributed by atoms with E-state index in [-0.39, 0.29) is 71.8 Å². The molecule has 6 aromatic rings. The fraction of sp³-hybridized carbons (Fsp3) is 0.348. The third-order valence-corrected chi connectivity index (χ3v) is 7.31. The number of benzene rings is 4. The van der Waals surface area contributed by atoms with E-state index in [2.05, 4.69) is 169 Å². The van der Waals surface area contributed by atoms with E-state index in [1.807, 2.05) is 0 Å². The van der Waals surface area contributed by atoms with E-state index < -0.39 is 0 Å². The Morgan fingerprint density at radius 1 is 0.389 bits per heavy atom. The first-order valence-corrected chi connectivity index (χ1v) is 16.7. The van der Waals surface area contributed by atoms with Crippen LogP contribution in [0.1, 0.15) is 116 Å². The zero-order valence-corrected chi connectivity index (χ0v) is 36.0. The molecule has 6 rings (SSSR count). The average molecular weight is 1070 g/mol. The van der Waals surface area contributed by atoms with Crippen molar-refractivity contribution >= 4 is 0 Å². The van der Waals surface area contributed by atoms with Crippen LogP contribution < -0.4 is 10.2 Å². The zero-order chi connectivity index (χ0) is 34.1. The predicted molar refractivity (Wildman–Crippen MR) is 223 cm³/mol. The SMILES string of the molecule is C.C.C.C.C[C-](C)C.C[C-](C)C.[W+2].[W+2].c1cc(Cc2ccc(-c3ccc(Cc4ccc(CCc5c[n-]nn5)cc4)cc3)cc2)ccc1CCc1c[n-]nn1. The third-order valence-electron chi connectivity index (χ3n) is 7.31. The number of hydrogen-bond acceptors (Lipinski definition) is 4. The molecule has 54 heavy (non-hydrogen) atoms. The third kappa shape index (κ3) is 20.8. The van der Waals surface area contributed by atoms with Crippen molar-refractivity contribution in [3.05, 3.63) is 166 Å². The van der Waals surface area contributed by atoms with Crippen LogP contribution >= 0.6 is 0 Å². The largest absolute Gasteiger partial charge is 2.00 e. The maximum atomic E-state index is 4.00. The first-order chi connectivity index (χ1) is 23.2. The Bertz CT molecular complexity index is 1560. The number of aromatic nitrogens is 6. The average Bonchev–Trinajstić information content (AvgIpc) is 3.80. The molecule has 0 aliphatic heterocycles. The molecule has 4 aromatic carbocycles. The molecule has 0 atom stereocenters. The summed E-state index contributed by atoms with van der Waals surface area (Å²) < 4.78 is 0. The summed E-state index contributed by atoms with van der Waals surface area (Å²) in [7, 11) is 0. The van der Waals surface area contributed by atoms with Gasteiger partial charge in [-0.25, -0.2) is 0 Å². The molecule has 2 aromatic heterocycles. The van der Waals surface area contributed by atoms with Gasteiger partial charge in [0.1, 0.15) is 0 Å². The summed E-state index contributed by atoms with van der Waals surface area (Å²) in [6.45, 7) is 12.5. The van der Waals surface area contributed by atoms with Crippen molar-refractivity contribution in [3.8, 4) is 11.1 Å². The summed E-state index contributed by atoms with van der Waals surface area (Å²) in [4.78, 5) is 0. The van der Waals surface area contributed by atoms with Gasteiger partial charge in [0, 0.05) is 0 Å². The summed E-state index contributed by atoms with van der Waals surface area (Å²) >= 11 is 0. The fourth-order valence-corrected chi connectivity index (χ4v) is 4.93. The van der Waals surface area contributed by atoms with Crippen LogP contribution in [0.25, 0.3) is 11.1 Å². The van der Waals surface area contributed by atoms with Crippen LogP contribution in [0.15, 0.2) is 109 Å². The van der Waals surface area contributed by atoms with Gasteiger partial charge in [-0.2, -0.15) is 41.5 Å². The molecule has 8 heteroatoms. The second-order valence-corrected chi connectivity index (χ2v) is 13.2. The summed E-state index contributed by atoms with van der Waals surface area (Å²) in [6, 6.07) is 35.6. The molecule has 2 heterocycles. The van der Waals surface area contributed by atoms with Crippen molar-refractivity contribution in [1.82, 2.24) is 30.8 Å². The van der Waals surface area contributed by atoms with Gasteiger partial charge in [0.05, 0.1) is 0 Å². The molecule has 0 fully saturated rings. The molecule has 0 spiro atoms. The summed E-state index contributed by atoms with van der Waals surface area (Å²) in [5, 5.41) is 22.9.